The largest absolute Gasteiger partial charge is 0.329 e. The van der Waals surface area contributed by atoms with Crippen molar-refractivity contribution >= 4 is 11.8 Å². The Morgan fingerprint density at radius 2 is 2.00 bits per heavy atom. The lowest BCUT2D eigenvalue weighted by Gasteiger charge is -2.17. The minimum atomic E-state index is 0.262. The number of hydrogen-bond donors (Lipinski definition) is 0. The first kappa shape index (κ1) is 9.65. The number of rotatable bonds is 1. The molecule has 1 rings (SSSR count). The molecule has 0 unspecified atom stereocenters. The van der Waals surface area contributed by atoms with Gasteiger partial charge >= 0.3 is 0 Å². The van der Waals surface area contributed by atoms with Crippen LogP contribution in [0.1, 0.15) is 26.5 Å². The van der Waals surface area contributed by atoms with Gasteiger partial charge in [0.05, 0.1) is 17.0 Å². The van der Waals surface area contributed by atoms with Gasteiger partial charge in [0.15, 0.2) is 0 Å². The molecular formula is C9H16N2S. The molecule has 3 heteroatoms. The highest BCUT2D eigenvalue weighted by atomic mass is 32.2. The van der Waals surface area contributed by atoms with E-state index in [1.807, 2.05) is 32.1 Å². The smallest absolute Gasteiger partial charge is 0.0978 e. The monoisotopic (exact) mass is 184 g/mol. The first-order chi connectivity index (χ1) is 5.40. The molecule has 1 aromatic heterocycles. The van der Waals surface area contributed by atoms with Crippen LogP contribution in [0, 0.1) is 6.92 Å². The van der Waals surface area contributed by atoms with Gasteiger partial charge in [-0.05, 0) is 6.92 Å². The van der Waals surface area contributed by atoms with Crippen LogP contribution in [0.3, 0.4) is 0 Å². The van der Waals surface area contributed by atoms with E-state index in [-0.39, 0.29) is 4.75 Å². The van der Waals surface area contributed by atoms with Gasteiger partial charge in [0.25, 0.3) is 0 Å². The molecule has 0 aliphatic rings. The predicted octanol–water partition coefficient (Wildman–Crippen LogP) is 2.62. The van der Waals surface area contributed by atoms with Crippen molar-refractivity contribution < 1.29 is 0 Å². The molecule has 0 fully saturated rings. The van der Waals surface area contributed by atoms with Crippen LogP contribution in [0.15, 0.2) is 11.4 Å². The van der Waals surface area contributed by atoms with Crippen LogP contribution in [0.2, 0.25) is 0 Å². The first-order valence-electron chi connectivity index (χ1n) is 4.07. The van der Waals surface area contributed by atoms with E-state index < -0.39 is 0 Å². The van der Waals surface area contributed by atoms with E-state index in [1.54, 1.807) is 0 Å². The number of hydrogen-bond acceptors (Lipinski definition) is 2. The standard InChI is InChI=1S/C9H16N2S/c1-7-8(11(5)6-10-7)12-9(2,3)4/h6H,1-5H3. The van der Waals surface area contributed by atoms with Gasteiger partial charge in [-0.1, -0.05) is 20.8 Å². The normalized spacial score (nSPS) is 12.1. The van der Waals surface area contributed by atoms with E-state index in [1.165, 1.54) is 5.03 Å². The molecule has 0 atom stereocenters. The zero-order chi connectivity index (χ0) is 9.35. The quantitative estimate of drug-likeness (QED) is 0.624. The summed E-state index contributed by atoms with van der Waals surface area (Å²) in [6, 6.07) is 0. The third kappa shape index (κ3) is 2.27. The number of nitrogens with zero attached hydrogens (tertiary/aromatic N) is 2. The summed E-state index contributed by atoms with van der Waals surface area (Å²) >= 11 is 1.86. The SMILES string of the molecule is Cc1ncn(C)c1SC(C)(C)C. The molecule has 0 radical (unpaired) electrons. The fourth-order valence-electron chi connectivity index (χ4n) is 0.972. The molecule has 1 aromatic rings. The summed E-state index contributed by atoms with van der Waals surface area (Å²) in [5.74, 6) is 0. The van der Waals surface area contributed by atoms with Gasteiger partial charge in [-0.15, -0.1) is 11.8 Å². The Hall–Kier alpha value is -0.440. The Morgan fingerprint density at radius 1 is 1.42 bits per heavy atom. The van der Waals surface area contributed by atoms with E-state index in [0.717, 1.165) is 5.69 Å². The van der Waals surface area contributed by atoms with E-state index in [0.29, 0.717) is 0 Å². The minimum absolute atomic E-state index is 0.262. The topological polar surface area (TPSA) is 17.8 Å². The lowest BCUT2D eigenvalue weighted by atomic mass is 10.3. The molecule has 0 saturated heterocycles. The second-order valence-corrected chi connectivity index (χ2v) is 5.78. The zero-order valence-electron chi connectivity index (χ0n) is 8.38. The van der Waals surface area contributed by atoms with Crippen LogP contribution in [-0.2, 0) is 7.05 Å². The van der Waals surface area contributed by atoms with Crippen LogP contribution in [-0.4, -0.2) is 14.3 Å². The van der Waals surface area contributed by atoms with E-state index in [2.05, 4.69) is 30.3 Å². The maximum absolute atomic E-state index is 4.24. The molecule has 12 heavy (non-hydrogen) atoms. The fraction of sp³-hybridized carbons (Fsp3) is 0.667. The number of thioether (sulfide) groups is 1. The summed E-state index contributed by atoms with van der Waals surface area (Å²) < 4.78 is 2.34. The zero-order valence-corrected chi connectivity index (χ0v) is 9.20. The van der Waals surface area contributed by atoms with Crippen molar-refractivity contribution in [3.63, 3.8) is 0 Å². The van der Waals surface area contributed by atoms with E-state index in [4.69, 9.17) is 0 Å². The van der Waals surface area contributed by atoms with Crippen LogP contribution >= 0.6 is 11.8 Å². The molecule has 2 nitrogen and oxygen atoms in total. The maximum atomic E-state index is 4.24. The molecule has 0 bridgehead atoms. The first-order valence-corrected chi connectivity index (χ1v) is 4.89. The van der Waals surface area contributed by atoms with Crippen LogP contribution in [0.25, 0.3) is 0 Å². The fourth-order valence-corrected chi connectivity index (χ4v) is 1.94. The van der Waals surface area contributed by atoms with Gasteiger partial charge in [0, 0.05) is 11.8 Å². The molecular weight excluding hydrogens is 168 g/mol. The summed E-state index contributed by atoms with van der Waals surface area (Å²) in [4.78, 5) is 4.24. The Kier molecular flexibility index (Phi) is 2.52. The van der Waals surface area contributed by atoms with Crippen molar-refractivity contribution in [3.05, 3.63) is 12.0 Å². The molecule has 0 aliphatic carbocycles. The summed E-state index contributed by atoms with van der Waals surface area (Å²) in [6.07, 6.45) is 1.86. The van der Waals surface area contributed by atoms with Crippen molar-refractivity contribution in [1.82, 2.24) is 9.55 Å². The summed E-state index contributed by atoms with van der Waals surface area (Å²) in [5.41, 5.74) is 1.12. The van der Waals surface area contributed by atoms with Gasteiger partial charge in [-0.2, -0.15) is 0 Å². The molecule has 0 aromatic carbocycles. The van der Waals surface area contributed by atoms with Gasteiger partial charge in [-0.25, -0.2) is 4.98 Å². The lowest BCUT2D eigenvalue weighted by Crippen LogP contribution is -2.08. The number of imidazole rings is 1. The second-order valence-electron chi connectivity index (χ2n) is 3.96. The van der Waals surface area contributed by atoms with Crippen LogP contribution in [0.5, 0.6) is 0 Å². The molecule has 0 spiro atoms. The van der Waals surface area contributed by atoms with Crippen molar-refractivity contribution in [1.29, 1.82) is 0 Å². The molecule has 0 aliphatic heterocycles. The molecule has 0 amide bonds. The van der Waals surface area contributed by atoms with Crippen molar-refractivity contribution in [2.24, 2.45) is 7.05 Å². The highest BCUT2D eigenvalue weighted by molar-refractivity contribution is 8.00. The Morgan fingerprint density at radius 3 is 2.33 bits per heavy atom. The third-order valence-corrected chi connectivity index (χ3v) is 2.85. The molecule has 1 heterocycles. The van der Waals surface area contributed by atoms with Crippen LogP contribution in [0.4, 0.5) is 0 Å². The Balaban J connectivity index is 2.88. The summed E-state index contributed by atoms with van der Waals surface area (Å²) in [6.45, 7) is 8.69. The highest BCUT2D eigenvalue weighted by Gasteiger charge is 2.16. The number of aryl methyl sites for hydroxylation is 2. The Bertz CT molecular complexity index is 251. The maximum Gasteiger partial charge on any atom is 0.0978 e. The highest BCUT2D eigenvalue weighted by Crippen LogP contribution is 2.32. The van der Waals surface area contributed by atoms with E-state index >= 15 is 0 Å². The second kappa shape index (κ2) is 3.13. The lowest BCUT2D eigenvalue weighted by molar-refractivity contribution is 0.771. The third-order valence-electron chi connectivity index (χ3n) is 1.46. The Labute approximate surface area is 78.4 Å². The number of aromatic nitrogens is 2. The minimum Gasteiger partial charge on any atom is -0.329 e. The van der Waals surface area contributed by atoms with Gasteiger partial charge < -0.3 is 4.57 Å². The average Bonchev–Trinajstić information content (AvgIpc) is 2.16. The summed E-state index contributed by atoms with van der Waals surface area (Å²) in [5, 5.41) is 1.27. The van der Waals surface area contributed by atoms with Crippen LogP contribution < -0.4 is 0 Å². The van der Waals surface area contributed by atoms with Crippen molar-refractivity contribution in [2.45, 2.75) is 37.5 Å². The van der Waals surface area contributed by atoms with Crippen molar-refractivity contribution in [2.75, 3.05) is 0 Å². The summed E-state index contributed by atoms with van der Waals surface area (Å²) in [7, 11) is 2.04. The molecule has 0 saturated carbocycles. The van der Waals surface area contributed by atoms with Crippen molar-refractivity contribution in [3.8, 4) is 0 Å². The predicted molar refractivity (Wildman–Crippen MR) is 53.6 cm³/mol. The average molecular weight is 184 g/mol. The molecule has 0 N–H and O–H groups in total. The van der Waals surface area contributed by atoms with Gasteiger partial charge in [-0.3, -0.25) is 0 Å². The van der Waals surface area contributed by atoms with Gasteiger partial charge in [0.2, 0.25) is 0 Å². The van der Waals surface area contributed by atoms with Gasteiger partial charge in [0.1, 0.15) is 0 Å². The van der Waals surface area contributed by atoms with E-state index in [9.17, 15) is 0 Å². The molecule has 68 valence electrons.